The van der Waals surface area contributed by atoms with Crippen molar-refractivity contribution in [2.45, 2.75) is 12.8 Å². The summed E-state index contributed by atoms with van der Waals surface area (Å²) in [7, 11) is 0. The summed E-state index contributed by atoms with van der Waals surface area (Å²) in [6.45, 7) is 6.56. The van der Waals surface area contributed by atoms with Gasteiger partial charge in [0.2, 0.25) is 5.91 Å². The van der Waals surface area contributed by atoms with Gasteiger partial charge in [-0.25, -0.2) is 4.39 Å². The van der Waals surface area contributed by atoms with Gasteiger partial charge >= 0.3 is 0 Å². The van der Waals surface area contributed by atoms with Crippen molar-refractivity contribution in [2.24, 2.45) is 0 Å². The molecule has 1 aliphatic rings. The van der Waals surface area contributed by atoms with Crippen molar-refractivity contribution >= 4 is 11.6 Å². The summed E-state index contributed by atoms with van der Waals surface area (Å²) in [6.07, 6.45) is 0. The van der Waals surface area contributed by atoms with Crippen LogP contribution in [0.5, 0.6) is 0 Å². The first-order valence-electron chi connectivity index (χ1n) is 9.16. The standard InChI is InChI=1S/C21H26FN3O/c1-17(18-5-3-2-4-6-18)15-23-21(26)16-24-11-13-25(14-12-24)20-9-7-19(22)8-10-20/h2-10,17H,11-16H2,1H3,(H,23,26)/t17-/m0/s1. The summed E-state index contributed by atoms with van der Waals surface area (Å²) in [5, 5.41) is 3.04. The molecule has 0 bridgehead atoms. The fourth-order valence-corrected chi connectivity index (χ4v) is 3.24. The number of hydrogen-bond donors (Lipinski definition) is 1. The monoisotopic (exact) mass is 355 g/mol. The first-order chi connectivity index (χ1) is 12.6. The zero-order valence-corrected chi connectivity index (χ0v) is 15.2. The third-order valence-corrected chi connectivity index (χ3v) is 4.91. The van der Waals surface area contributed by atoms with E-state index < -0.39 is 0 Å². The highest BCUT2D eigenvalue weighted by molar-refractivity contribution is 5.78. The summed E-state index contributed by atoms with van der Waals surface area (Å²) in [5.74, 6) is 0.160. The van der Waals surface area contributed by atoms with E-state index in [0.717, 1.165) is 31.9 Å². The van der Waals surface area contributed by atoms with E-state index in [4.69, 9.17) is 0 Å². The molecular weight excluding hydrogens is 329 g/mol. The van der Waals surface area contributed by atoms with E-state index in [9.17, 15) is 9.18 Å². The number of nitrogens with one attached hydrogen (secondary N) is 1. The van der Waals surface area contributed by atoms with Crippen LogP contribution in [0.2, 0.25) is 0 Å². The van der Waals surface area contributed by atoms with E-state index in [-0.39, 0.29) is 11.7 Å². The van der Waals surface area contributed by atoms with E-state index in [1.165, 1.54) is 17.7 Å². The summed E-state index contributed by atoms with van der Waals surface area (Å²) < 4.78 is 13.0. The molecule has 1 N–H and O–H groups in total. The number of piperazine rings is 1. The van der Waals surface area contributed by atoms with Gasteiger partial charge in [-0.15, -0.1) is 0 Å². The molecule has 1 amide bonds. The number of carbonyl (C=O) groups is 1. The van der Waals surface area contributed by atoms with Gasteiger partial charge in [-0.2, -0.15) is 0 Å². The molecule has 3 rings (SSSR count). The Balaban J connectivity index is 1.40. The third kappa shape index (κ3) is 5.05. The second kappa shape index (κ2) is 8.81. The van der Waals surface area contributed by atoms with E-state index in [2.05, 4.69) is 34.2 Å². The number of rotatable bonds is 6. The molecule has 1 fully saturated rings. The Morgan fingerprint density at radius 1 is 1.04 bits per heavy atom. The molecule has 0 saturated carbocycles. The molecule has 0 aromatic heterocycles. The van der Waals surface area contributed by atoms with Gasteiger partial charge in [0, 0.05) is 38.4 Å². The Hall–Kier alpha value is -2.40. The normalized spacial score (nSPS) is 16.3. The zero-order chi connectivity index (χ0) is 18.4. The van der Waals surface area contributed by atoms with Gasteiger partial charge in [-0.1, -0.05) is 37.3 Å². The van der Waals surface area contributed by atoms with Crippen LogP contribution in [0.3, 0.4) is 0 Å². The van der Waals surface area contributed by atoms with Crippen LogP contribution < -0.4 is 10.2 Å². The first-order valence-corrected chi connectivity index (χ1v) is 9.16. The van der Waals surface area contributed by atoms with E-state index in [0.29, 0.717) is 19.0 Å². The Morgan fingerprint density at radius 2 is 1.69 bits per heavy atom. The molecule has 1 saturated heterocycles. The number of carbonyl (C=O) groups excluding carboxylic acids is 1. The van der Waals surface area contributed by atoms with Gasteiger partial charge in [0.05, 0.1) is 6.54 Å². The van der Waals surface area contributed by atoms with Crippen LogP contribution in [0.1, 0.15) is 18.4 Å². The summed E-state index contributed by atoms with van der Waals surface area (Å²) in [6, 6.07) is 16.8. The molecule has 2 aromatic rings. The number of nitrogens with zero attached hydrogens (tertiary/aromatic N) is 2. The van der Waals surface area contributed by atoms with Crippen molar-refractivity contribution in [3.05, 3.63) is 66.0 Å². The van der Waals surface area contributed by atoms with Gasteiger partial charge in [-0.3, -0.25) is 9.69 Å². The Morgan fingerprint density at radius 3 is 2.35 bits per heavy atom. The maximum absolute atomic E-state index is 13.0. The number of hydrogen-bond acceptors (Lipinski definition) is 3. The lowest BCUT2D eigenvalue weighted by molar-refractivity contribution is -0.122. The number of benzene rings is 2. The van der Waals surface area contributed by atoms with Crippen LogP contribution in [0.15, 0.2) is 54.6 Å². The van der Waals surface area contributed by atoms with Crippen molar-refractivity contribution in [3.8, 4) is 0 Å². The van der Waals surface area contributed by atoms with Crippen molar-refractivity contribution in [1.82, 2.24) is 10.2 Å². The molecule has 5 heteroatoms. The average molecular weight is 355 g/mol. The van der Waals surface area contributed by atoms with Crippen LogP contribution in [0.25, 0.3) is 0 Å². The molecule has 0 spiro atoms. The lowest BCUT2D eigenvalue weighted by Gasteiger charge is -2.35. The minimum Gasteiger partial charge on any atom is -0.369 e. The number of halogens is 1. The average Bonchev–Trinajstić information content (AvgIpc) is 2.68. The van der Waals surface area contributed by atoms with Gasteiger partial charge in [0.15, 0.2) is 0 Å². The SMILES string of the molecule is C[C@@H](CNC(=O)CN1CCN(c2ccc(F)cc2)CC1)c1ccccc1. The number of anilines is 1. The highest BCUT2D eigenvalue weighted by atomic mass is 19.1. The van der Waals surface area contributed by atoms with Crippen LogP contribution >= 0.6 is 0 Å². The molecule has 0 unspecified atom stereocenters. The molecule has 4 nitrogen and oxygen atoms in total. The van der Waals surface area contributed by atoms with Crippen LogP contribution in [0.4, 0.5) is 10.1 Å². The van der Waals surface area contributed by atoms with Crippen molar-refractivity contribution in [3.63, 3.8) is 0 Å². The Bertz CT molecular complexity index is 697. The second-order valence-corrected chi connectivity index (χ2v) is 6.86. The molecular formula is C21H26FN3O. The Labute approximate surface area is 154 Å². The highest BCUT2D eigenvalue weighted by Gasteiger charge is 2.19. The van der Waals surface area contributed by atoms with Crippen LogP contribution in [-0.2, 0) is 4.79 Å². The molecule has 26 heavy (non-hydrogen) atoms. The predicted octanol–water partition coefficient (Wildman–Crippen LogP) is 2.87. The zero-order valence-electron chi connectivity index (χ0n) is 15.2. The minimum atomic E-state index is -0.214. The smallest absolute Gasteiger partial charge is 0.234 e. The van der Waals surface area contributed by atoms with E-state index in [1.807, 2.05) is 30.3 Å². The molecule has 0 radical (unpaired) electrons. The molecule has 138 valence electrons. The third-order valence-electron chi connectivity index (χ3n) is 4.91. The molecule has 1 heterocycles. The highest BCUT2D eigenvalue weighted by Crippen LogP contribution is 2.17. The van der Waals surface area contributed by atoms with Gasteiger partial charge in [-0.05, 0) is 35.7 Å². The maximum Gasteiger partial charge on any atom is 0.234 e. The van der Waals surface area contributed by atoms with E-state index >= 15 is 0 Å². The topological polar surface area (TPSA) is 35.6 Å². The molecule has 2 aromatic carbocycles. The van der Waals surface area contributed by atoms with Gasteiger partial charge < -0.3 is 10.2 Å². The quantitative estimate of drug-likeness (QED) is 0.865. The summed E-state index contributed by atoms with van der Waals surface area (Å²) in [4.78, 5) is 16.6. The Kier molecular flexibility index (Phi) is 6.23. The molecule has 1 atom stereocenters. The van der Waals surface area contributed by atoms with Gasteiger partial charge in [0.25, 0.3) is 0 Å². The van der Waals surface area contributed by atoms with Crippen molar-refractivity contribution in [1.29, 1.82) is 0 Å². The largest absolute Gasteiger partial charge is 0.369 e. The van der Waals surface area contributed by atoms with Crippen LogP contribution in [-0.4, -0.2) is 50.1 Å². The molecule has 1 aliphatic heterocycles. The van der Waals surface area contributed by atoms with E-state index in [1.54, 1.807) is 0 Å². The van der Waals surface area contributed by atoms with Crippen LogP contribution in [0, 0.1) is 5.82 Å². The second-order valence-electron chi connectivity index (χ2n) is 6.86. The van der Waals surface area contributed by atoms with Crippen molar-refractivity contribution < 1.29 is 9.18 Å². The summed E-state index contributed by atoms with van der Waals surface area (Å²) >= 11 is 0. The number of amides is 1. The molecule has 0 aliphatic carbocycles. The summed E-state index contributed by atoms with van der Waals surface area (Å²) in [5.41, 5.74) is 2.27. The van der Waals surface area contributed by atoms with Crippen molar-refractivity contribution in [2.75, 3.05) is 44.2 Å². The fraction of sp³-hybridized carbons (Fsp3) is 0.381. The first kappa shape index (κ1) is 18.4. The fourth-order valence-electron chi connectivity index (χ4n) is 3.24. The minimum absolute atomic E-state index is 0.0722. The predicted molar refractivity (Wildman–Crippen MR) is 103 cm³/mol. The van der Waals surface area contributed by atoms with Gasteiger partial charge in [0.1, 0.15) is 5.82 Å². The lowest BCUT2D eigenvalue weighted by atomic mass is 10.0. The lowest BCUT2D eigenvalue weighted by Crippen LogP contribution is -2.49. The maximum atomic E-state index is 13.0.